The van der Waals surface area contributed by atoms with Crippen molar-refractivity contribution >= 4 is 62.4 Å². The largest absolute Gasteiger partial charge is 0.309 e. The van der Waals surface area contributed by atoms with Gasteiger partial charge in [0.2, 0.25) is 0 Å². The van der Waals surface area contributed by atoms with E-state index in [1.54, 1.807) is 0 Å². The van der Waals surface area contributed by atoms with E-state index in [1.807, 2.05) is 11.8 Å². The average Bonchev–Trinajstić information content (AvgIpc) is 3.45. The summed E-state index contributed by atoms with van der Waals surface area (Å²) in [5, 5.41) is 8.29. The third-order valence-corrected chi connectivity index (χ3v) is 15.8. The van der Waals surface area contributed by atoms with E-state index in [-0.39, 0.29) is 0 Å². The van der Waals surface area contributed by atoms with Gasteiger partial charge in [0.05, 0.1) is 11.0 Å². The molecule has 0 radical (unpaired) electrons. The summed E-state index contributed by atoms with van der Waals surface area (Å²) in [7, 11) is -2.82. The van der Waals surface area contributed by atoms with Crippen molar-refractivity contribution in [1.29, 1.82) is 0 Å². The molecular weight excluding hydrogens is 579 g/mol. The first-order chi connectivity index (χ1) is 22.3. The normalized spacial score (nSPS) is 13.4. The third-order valence-electron chi connectivity index (χ3n) is 9.34. The lowest BCUT2D eigenvalue weighted by Gasteiger charge is -2.41. The number of hydrogen-bond acceptors (Lipinski definition) is 1. The van der Waals surface area contributed by atoms with Gasteiger partial charge in [0, 0.05) is 26.3 Å². The quantitative estimate of drug-likeness (QED) is 0.182. The highest BCUT2D eigenvalue weighted by Gasteiger charge is 2.48. The summed E-state index contributed by atoms with van der Waals surface area (Å²) in [5.74, 6) is 0. The molecule has 7 aromatic carbocycles. The van der Waals surface area contributed by atoms with Gasteiger partial charge in [-0.15, -0.1) is 0 Å². The van der Waals surface area contributed by atoms with Crippen molar-refractivity contribution < 1.29 is 0 Å². The van der Waals surface area contributed by atoms with Crippen LogP contribution >= 0.6 is 11.8 Å². The van der Waals surface area contributed by atoms with Crippen LogP contribution in [0.4, 0.5) is 0 Å². The Morgan fingerprint density at radius 3 is 1.62 bits per heavy atom. The molecule has 9 rings (SSSR count). The summed E-state index contributed by atoms with van der Waals surface area (Å²) in [6.45, 7) is 0. The first-order valence-electron chi connectivity index (χ1n) is 15.4. The molecule has 0 saturated heterocycles. The maximum Gasteiger partial charge on any atom is 0.182 e. The van der Waals surface area contributed by atoms with Gasteiger partial charge in [-0.05, 0) is 68.3 Å². The minimum Gasteiger partial charge on any atom is -0.309 e. The number of aromatic nitrogens is 1. The predicted octanol–water partition coefficient (Wildman–Crippen LogP) is 8.29. The van der Waals surface area contributed by atoms with Crippen molar-refractivity contribution in [3.05, 3.63) is 176 Å². The predicted molar refractivity (Wildman–Crippen MR) is 194 cm³/mol. The Morgan fingerprint density at radius 1 is 0.422 bits per heavy atom. The fourth-order valence-corrected chi connectivity index (χ4v) is 14.7. The minimum absolute atomic E-state index is 1.20. The summed E-state index contributed by atoms with van der Waals surface area (Å²) in [5.41, 5.74) is 6.23. The second-order valence-corrected chi connectivity index (χ2v) is 16.5. The van der Waals surface area contributed by atoms with Crippen LogP contribution in [0.3, 0.4) is 0 Å². The van der Waals surface area contributed by atoms with E-state index in [9.17, 15) is 0 Å². The molecule has 0 bridgehead atoms. The van der Waals surface area contributed by atoms with Gasteiger partial charge in [0.15, 0.2) is 8.07 Å². The molecule has 0 fully saturated rings. The number of fused-ring (bicyclic) bond motifs is 5. The van der Waals surface area contributed by atoms with Crippen LogP contribution in [0.1, 0.15) is 0 Å². The van der Waals surface area contributed by atoms with Crippen molar-refractivity contribution in [3.63, 3.8) is 0 Å². The van der Waals surface area contributed by atoms with Crippen LogP contribution in [-0.2, 0) is 0 Å². The number of rotatable bonds is 4. The molecular formula is C42H29NSSi. The number of nitrogens with zero attached hydrogens (tertiary/aromatic N) is 1. The number of hydrogen-bond donors (Lipinski definition) is 0. The van der Waals surface area contributed by atoms with Crippen molar-refractivity contribution in [3.8, 4) is 16.8 Å². The summed E-state index contributed by atoms with van der Waals surface area (Å²) in [4.78, 5) is 2.71. The molecule has 0 saturated carbocycles. The summed E-state index contributed by atoms with van der Waals surface area (Å²) in [6.07, 6.45) is 0. The zero-order chi connectivity index (χ0) is 29.8. The standard InChI is InChI=1S/C42H29NSSi/c1-2-15-30(16-3-1)33-19-6-11-26-40(33)45(41-27-12-9-24-38(41)44-39-25-10-13-28-42(39)45)32-18-14-17-31(29-32)43-36-22-7-4-20-34(36)35-21-5-8-23-37(35)43/h1-29H. The van der Waals surface area contributed by atoms with Gasteiger partial charge in [-0.2, -0.15) is 0 Å². The molecule has 0 N–H and O–H groups in total. The van der Waals surface area contributed by atoms with Gasteiger partial charge in [-0.1, -0.05) is 151 Å². The van der Waals surface area contributed by atoms with E-state index in [0.717, 1.165) is 0 Å². The van der Waals surface area contributed by atoms with E-state index in [1.165, 1.54) is 69.2 Å². The van der Waals surface area contributed by atoms with E-state index < -0.39 is 8.07 Å². The summed E-state index contributed by atoms with van der Waals surface area (Å²) >= 11 is 1.91. The Hall–Kier alpha value is -5.09. The molecule has 1 aromatic heterocycles. The van der Waals surface area contributed by atoms with Crippen LogP contribution < -0.4 is 20.7 Å². The van der Waals surface area contributed by atoms with Crippen LogP contribution in [0.5, 0.6) is 0 Å². The average molecular weight is 608 g/mol. The third kappa shape index (κ3) is 3.94. The highest BCUT2D eigenvalue weighted by Crippen LogP contribution is 2.35. The lowest BCUT2D eigenvalue weighted by atomic mass is 10.1. The minimum atomic E-state index is -2.82. The maximum atomic E-state index is 2.50. The van der Waals surface area contributed by atoms with Gasteiger partial charge in [-0.25, -0.2) is 0 Å². The summed E-state index contributed by atoms with van der Waals surface area (Å²) < 4.78 is 2.45. The smallest absolute Gasteiger partial charge is 0.182 e. The van der Waals surface area contributed by atoms with Crippen LogP contribution in [0.2, 0.25) is 0 Å². The SMILES string of the molecule is c1ccc(-c2ccccc2[Si]2(c3cccc(-n4c5ccccc5c5ccccc54)c3)c3ccccc3Sc3ccccc32)cc1. The second kappa shape index (κ2) is 10.5. The molecule has 45 heavy (non-hydrogen) atoms. The first-order valence-corrected chi connectivity index (χ1v) is 18.3. The molecule has 0 spiro atoms. The van der Waals surface area contributed by atoms with Gasteiger partial charge >= 0.3 is 0 Å². The molecule has 1 aliphatic heterocycles. The molecule has 0 unspecified atom stereocenters. The first kappa shape index (κ1) is 26.3. The van der Waals surface area contributed by atoms with Gasteiger partial charge in [-0.3, -0.25) is 0 Å². The number of para-hydroxylation sites is 2. The second-order valence-electron chi connectivity index (χ2n) is 11.7. The molecule has 0 amide bonds. The maximum absolute atomic E-state index is 2.82. The Morgan fingerprint density at radius 2 is 0.956 bits per heavy atom. The monoisotopic (exact) mass is 607 g/mol. The fraction of sp³-hybridized carbons (Fsp3) is 0. The molecule has 0 atom stereocenters. The lowest BCUT2D eigenvalue weighted by Crippen LogP contribution is -2.76. The van der Waals surface area contributed by atoms with Gasteiger partial charge in [0.1, 0.15) is 0 Å². The Labute approximate surface area is 268 Å². The Kier molecular flexibility index (Phi) is 6.15. The molecule has 3 heteroatoms. The van der Waals surface area contributed by atoms with Crippen molar-refractivity contribution in [1.82, 2.24) is 4.57 Å². The molecule has 2 heterocycles. The zero-order valence-corrected chi connectivity index (χ0v) is 26.4. The molecule has 0 aliphatic carbocycles. The van der Waals surface area contributed by atoms with E-state index in [2.05, 4.69) is 180 Å². The Bertz CT molecular complexity index is 2270. The van der Waals surface area contributed by atoms with Crippen LogP contribution in [0.25, 0.3) is 38.6 Å². The van der Waals surface area contributed by atoms with E-state index in [0.29, 0.717) is 0 Å². The van der Waals surface area contributed by atoms with Gasteiger partial charge < -0.3 is 4.57 Å². The Balaban J connectivity index is 1.42. The highest BCUT2D eigenvalue weighted by atomic mass is 32.2. The molecule has 1 nitrogen and oxygen atoms in total. The summed E-state index contributed by atoms with van der Waals surface area (Å²) in [6, 6.07) is 65.4. The zero-order valence-electron chi connectivity index (χ0n) is 24.6. The molecule has 8 aromatic rings. The molecule has 212 valence electrons. The van der Waals surface area contributed by atoms with Crippen molar-refractivity contribution in [2.24, 2.45) is 0 Å². The van der Waals surface area contributed by atoms with E-state index >= 15 is 0 Å². The fourth-order valence-electron chi connectivity index (χ4n) is 7.51. The van der Waals surface area contributed by atoms with Crippen LogP contribution in [0.15, 0.2) is 186 Å². The molecule has 1 aliphatic rings. The van der Waals surface area contributed by atoms with Crippen molar-refractivity contribution in [2.45, 2.75) is 9.79 Å². The lowest BCUT2D eigenvalue weighted by molar-refractivity contribution is 1.18. The van der Waals surface area contributed by atoms with Gasteiger partial charge in [0.25, 0.3) is 0 Å². The van der Waals surface area contributed by atoms with Crippen molar-refractivity contribution in [2.75, 3.05) is 0 Å². The highest BCUT2D eigenvalue weighted by molar-refractivity contribution is 8.00. The number of benzene rings is 7. The topological polar surface area (TPSA) is 4.93 Å². The van der Waals surface area contributed by atoms with E-state index in [4.69, 9.17) is 0 Å². The van der Waals surface area contributed by atoms with Crippen LogP contribution in [0, 0.1) is 0 Å². The van der Waals surface area contributed by atoms with Crippen LogP contribution in [-0.4, -0.2) is 12.6 Å².